The maximum Gasteiger partial charge on any atom is 0.256 e. The van der Waals surface area contributed by atoms with E-state index in [2.05, 4.69) is 23.6 Å². The Morgan fingerprint density at radius 1 is 1.36 bits per heavy atom. The van der Waals surface area contributed by atoms with Crippen molar-refractivity contribution in [2.45, 2.75) is 25.8 Å². The fourth-order valence-electron chi connectivity index (χ4n) is 3.14. The molecule has 1 aromatic carbocycles. The zero-order valence-corrected chi connectivity index (χ0v) is 14.4. The molecule has 132 valence electrons. The third-order valence-electron chi connectivity index (χ3n) is 4.59. The van der Waals surface area contributed by atoms with Crippen LogP contribution in [0.3, 0.4) is 0 Å². The Bertz CT molecular complexity index is 691. The van der Waals surface area contributed by atoms with Crippen LogP contribution in [0.15, 0.2) is 46.2 Å². The van der Waals surface area contributed by atoms with E-state index in [1.807, 2.05) is 17.9 Å². The highest BCUT2D eigenvalue weighted by Gasteiger charge is 2.32. The van der Waals surface area contributed by atoms with Gasteiger partial charge in [0.25, 0.3) is 5.91 Å². The van der Waals surface area contributed by atoms with E-state index in [0.29, 0.717) is 17.8 Å². The van der Waals surface area contributed by atoms with Crippen molar-refractivity contribution in [1.29, 1.82) is 5.41 Å². The minimum atomic E-state index is -0.105. The predicted molar refractivity (Wildman–Crippen MR) is 102 cm³/mol. The first-order chi connectivity index (χ1) is 12.1. The van der Waals surface area contributed by atoms with Gasteiger partial charge in [-0.15, -0.1) is 0 Å². The van der Waals surface area contributed by atoms with Gasteiger partial charge >= 0.3 is 0 Å². The number of benzene rings is 1. The second-order valence-electron chi connectivity index (χ2n) is 5.98. The largest absolute Gasteiger partial charge is 0.404 e. The van der Waals surface area contributed by atoms with Gasteiger partial charge < -0.3 is 16.0 Å². The molecule has 7 heteroatoms. The van der Waals surface area contributed by atoms with Gasteiger partial charge in [-0.2, -0.15) is 15.3 Å². The lowest BCUT2D eigenvalue weighted by Crippen LogP contribution is -2.46. The summed E-state index contributed by atoms with van der Waals surface area (Å²) < 4.78 is 0. The van der Waals surface area contributed by atoms with Gasteiger partial charge in [0, 0.05) is 38.2 Å². The van der Waals surface area contributed by atoms with Crippen LogP contribution < -0.4 is 10.9 Å². The summed E-state index contributed by atoms with van der Waals surface area (Å²) in [4.78, 5) is 15.0. The lowest BCUT2D eigenvalue weighted by molar-refractivity contribution is 0.0590. The second-order valence-corrected chi connectivity index (χ2v) is 5.98. The van der Waals surface area contributed by atoms with Crippen molar-refractivity contribution in [3.05, 3.63) is 41.6 Å². The molecule has 1 heterocycles. The summed E-state index contributed by atoms with van der Waals surface area (Å²) in [6, 6.07) is 7.21. The summed E-state index contributed by atoms with van der Waals surface area (Å²) in [5.74, 6) is -0.0348. The molecule has 1 aliphatic rings. The number of para-hydroxylation sites is 1. The number of rotatable bonds is 6. The van der Waals surface area contributed by atoms with Crippen molar-refractivity contribution in [2.24, 2.45) is 21.9 Å². The average molecular weight is 340 g/mol. The third-order valence-corrected chi connectivity index (χ3v) is 4.59. The van der Waals surface area contributed by atoms with Crippen LogP contribution in [0, 0.1) is 11.3 Å². The molecule has 0 aromatic heterocycles. The molecule has 3 N–H and O–H groups in total. The number of nitrogens with two attached hydrogens (primary N) is 1. The molecule has 2 rings (SSSR count). The van der Waals surface area contributed by atoms with Gasteiger partial charge in [-0.3, -0.25) is 4.79 Å². The first-order valence-corrected chi connectivity index (χ1v) is 8.13. The van der Waals surface area contributed by atoms with E-state index in [9.17, 15) is 4.79 Å². The number of nitrogens with zero attached hydrogens (tertiary/aromatic N) is 4. The van der Waals surface area contributed by atoms with Crippen molar-refractivity contribution >= 4 is 31.2 Å². The van der Waals surface area contributed by atoms with E-state index in [-0.39, 0.29) is 17.9 Å². The minimum Gasteiger partial charge on any atom is -0.404 e. The molecular weight excluding hydrogens is 316 g/mol. The molecule has 1 saturated heterocycles. The van der Waals surface area contributed by atoms with Crippen LogP contribution in [-0.2, 0) is 0 Å². The smallest absolute Gasteiger partial charge is 0.256 e. The van der Waals surface area contributed by atoms with Crippen LogP contribution in [0.25, 0.3) is 0 Å². The zero-order valence-electron chi connectivity index (χ0n) is 14.4. The van der Waals surface area contributed by atoms with Crippen molar-refractivity contribution in [1.82, 2.24) is 4.90 Å². The van der Waals surface area contributed by atoms with E-state index in [1.165, 1.54) is 17.5 Å². The van der Waals surface area contributed by atoms with Crippen LogP contribution >= 0.6 is 0 Å². The Balaban J connectivity index is 2.34. The number of amides is 1. The van der Waals surface area contributed by atoms with Gasteiger partial charge in [-0.25, -0.2) is 0 Å². The number of carbonyl (C=O) groups excluding carboxylic acids is 1. The van der Waals surface area contributed by atoms with Crippen molar-refractivity contribution in [3.8, 4) is 0 Å². The molecule has 2 atom stereocenters. The molecule has 25 heavy (non-hydrogen) atoms. The lowest BCUT2D eigenvalue weighted by atomic mass is 9.87. The van der Waals surface area contributed by atoms with Gasteiger partial charge in [0.05, 0.1) is 11.3 Å². The summed E-state index contributed by atoms with van der Waals surface area (Å²) in [6.45, 7) is 9.48. The van der Waals surface area contributed by atoms with Gasteiger partial charge in [0.15, 0.2) is 0 Å². The van der Waals surface area contributed by atoms with Crippen molar-refractivity contribution in [3.63, 3.8) is 0 Å². The number of carbonyl (C=O) groups is 1. The molecule has 1 unspecified atom stereocenters. The first kappa shape index (κ1) is 18.4. The molecule has 1 fully saturated rings. The fraction of sp³-hybridized carbons (Fsp3) is 0.333. The number of likely N-dealkylation sites (tertiary alicyclic amines) is 1. The van der Waals surface area contributed by atoms with Gasteiger partial charge in [0.1, 0.15) is 0 Å². The maximum absolute atomic E-state index is 13.2. The Hall–Kier alpha value is -2.96. The highest BCUT2D eigenvalue weighted by Crippen LogP contribution is 2.30. The summed E-state index contributed by atoms with van der Waals surface area (Å²) in [5, 5.41) is 16.3. The van der Waals surface area contributed by atoms with E-state index in [1.54, 1.807) is 18.2 Å². The van der Waals surface area contributed by atoms with Gasteiger partial charge in [0.2, 0.25) is 0 Å². The predicted octanol–water partition coefficient (Wildman–Crippen LogP) is 2.46. The van der Waals surface area contributed by atoms with Gasteiger partial charge in [-0.05, 0) is 43.7 Å². The normalized spacial score (nSPS) is 20.7. The van der Waals surface area contributed by atoms with Crippen LogP contribution in [-0.4, -0.2) is 43.0 Å². The SMILES string of the molecule is C=NN(N=C)c1ccccc1C(=O)N1CC(/C(C=N)=C/N)CC[C@H]1C. The number of nitrogens with one attached hydrogen (secondary N) is 1. The Morgan fingerprint density at radius 3 is 2.64 bits per heavy atom. The molecule has 0 aliphatic carbocycles. The monoisotopic (exact) mass is 340 g/mol. The Labute approximate surface area is 148 Å². The van der Waals surface area contributed by atoms with Crippen LogP contribution in [0.1, 0.15) is 30.1 Å². The summed E-state index contributed by atoms with van der Waals surface area (Å²) in [7, 11) is 0. The molecule has 0 saturated carbocycles. The number of hydrazone groups is 2. The summed E-state index contributed by atoms with van der Waals surface area (Å²) >= 11 is 0. The maximum atomic E-state index is 13.2. The number of anilines is 1. The summed E-state index contributed by atoms with van der Waals surface area (Å²) in [6.07, 6.45) is 4.48. The van der Waals surface area contributed by atoms with E-state index < -0.39 is 0 Å². The molecule has 0 radical (unpaired) electrons. The zero-order chi connectivity index (χ0) is 18.4. The van der Waals surface area contributed by atoms with E-state index in [0.717, 1.165) is 18.4 Å². The Morgan fingerprint density at radius 2 is 2.04 bits per heavy atom. The number of hydrogen-bond donors (Lipinski definition) is 2. The van der Waals surface area contributed by atoms with E-state index >= 15 is 0 Å². The van der Waals surface area contributed by atoms with E-state index in [4.69, 9.17) is 11.1 Å². The minimum absolute atomic E-state index is 0.0703. The molecule has 7 nitrogen and oxygen atoms in total. The van der Waals surface area contributed by atoms with Crippen LogP contribution in [0.2, 0.25) is 0 Å². The quantitative estimate of drug-likeness (QED) is 0.615. The number of piperidine rings is 1. The number of hydrogen-bond acceptors (Lipinski definition) is 6. The molecule has 1 amide bonds. The topological polar surface area (TPSA) is 98.1 Å². The standard InChI is InChI=1S/C18H24N6O/c1-13-8-9-14(15(10-19)11-20)12-23(13)18(25)16-6-4-5-7-17(16)24(21-2)22-3/h4-7,10-11,13-14,19H,2-3,8-9,12,20H2,1H3/b15-11+,19-10?/t13-,14?/m1/s1. The van der Waals surface area contributed by atoms with Crippen LogP contribution in [0.4, 0.5) is 5.69 Å². The highest BCUT2D eigenvalue weighted by atomic mass is 16.2. The van der Waals surface area contributed by atoms with Gasteiger partial charge in [-0.1, -0.05) is 12.1 Å². The molecular formula is C18H24N6O. The summed E-state index contributed by atoms with van der Waals surface area (Å²) in [5.41, 5.74) is 7.39. The Kier molecular flexibility index (Phi) is 6.05. The van der Waals surface area contributed by atoms with Crippen molar-refractivity contribution < 1.29 is 4.79 Å². The van der Waals surface area contributed by atoms with Crippen molar-refractivity contribution in [2.75, 3.05) is 11.7 Å². The first-order valence-electron chi connectivity index (χ1n) is 8.13. The molecule has 1 aromatic rings. The lowest BCUT2D eigenvalue weighted by Gasteiger charge is -2.38. The highest BCUT2D eigenvalue weighted by molar-refractivity contribution is 6.00. The molecule has 1 aliphatic heterocycles. The molecule has 0 spiro atoms. The second kappa shape index (κ2) is 8.23. The average Bonchev–Trinajstić information content (AvgIpc) is 2.65. The molecule has 0 bridgehead atoms. The van der Waals surface area contributed by atoms with Crippen LogP contribution in [0.5, 0.6) is 0 Å². The fourth-order valence-corrected chi connectivity index (χ4v) is 3.14. The third kappa shape index (κ3) is 3.76.